The zero-order valence-electron chi connectivity index (χ0n) is 12.0. The molecule has 0 aliphatic rings. The normalized spacial score (nSPS) is 11.8. The van der Waals surface area contributed by atoms with Crippen molar-refractivity contribution in [2.75, 3.05) is 18.5 Å². The van der Waals surface area contributed by atoms with Gasteiger partial charge in [0.2, 0.25) is 0 Å². The number of amides is 1. The summed E-state index contributed by atoms with van der Waals surface area (Å²) in [5.41, 5.74) is 5.84. The van der Waals surface area contributed by atoms with Gasteiger partial charge in [-0.1, -0.05) is 0 Å². The first-order valence-electron chi connectivity index (χ1n) is 6.71. The molecule has 1 unspecified atom stereocenters. The molecule has 0 saturated heterocycles. The van der Waals surface area contributed by atoms with Crippen molar-refractivity contribution in [2.45, 2.75) is 6.10 Å². The molecule has 0 radical (unpaired) electrons. The Kier molecular flexibility index (Phi) is 5.42. The Morgan fingerprint density at radius 3 is 2.83 bits per heavy atom. The Bertz CT molecular complexity index is 697. The number of benzene rings is 1. The standard InChI is InChI=1S/C15H15F2N3O3/c16-12-2-1-10(5-13(12)17)23-8-9(21)6-20-14-3-4-19-7-11(14)15(18)22/h1-5,7,9,21H,6,8H2,(H2,18,22)(H,19,20). The van der Waals surface area contributed by atoms with Gasteiger partial charge in [0.05, 0.1) is 11.3 Å². The van der Waals surface area contributed by atoms with Crippen molar-refractivity contribution < 1.29 is 23.4 Å². The van der Waals surface area contributed by atoms with Gasteiger partial charge in [-0.25, -0.2) is 8.78 Å². The van der Waals surface area contributed by atoms with Crippen molar-refractivity contribution >= 4 is 11.6 Å². The largest absolute Gasteiger partial charge is 0.491 e. The molecule has 2 rings (SSSR count). The Morgan fingerprint density at radius 2 is 2.13 bits per heavy atom. The lowest BCUT2D eigenvalue weighted by atomic mass is 10.2. The van der Waals surface area contributed by atoms with E-state index in [1.54, 1.807) is 6.07 Å². The smallest absolute Gasteiger partial charge is 0.252 e. The lowest BCUT2D eigenvalue weighted by Crippen LogP contribution is -2.27. The van der Waals surface area contributed by atoms with E-state index < -0.39 is 23.6 Å². The SMILES string of the molecule is NC(=O)c1cnccc1NCC(O)COc1ccc(F)c(F)c1. The molecule has 0 aliphatic carbocycles. The van der Waals surface area contributed by atoms with Crippen LogP contribution in [-0.4, -0.2) is 35.3 Å². The minimum Gasteiger partial charge on any atom is -0.491 e. The molecule has 1 amide bonds. The lowest BCUT2D eigenvalue weighted by Gasteiger charge is -2.15. The number of aliphatic hydroxyl groups excluding tert-OH is 1. The van der Waals surface area contributed by atoms with Gasteiger partial charge < -0.3 is 20.9 Å². The first-order valence-corrected chi connectivity index (χ1v) is 6.71. The van der Waals surface area contributed by atoms with Crippen LogP contribution in [0.25, 0.3) is 0 Å². The number of primary amides is 1. The van der Waals surface area contributed by atoms with Crippen molar-refractivity contribution in [3.05, 3.63) is 53.9 Å². The molecule has 122 valence electrons. The Hall–Kier alpha value is -2.74. The summed E-state index contributed by atoms with van der Waals surface area (Å²) < 4.78 is 31.0. The van der Waals surface area contributed by atoms with Crippen LogP contribution in [-0.2, 0) is 0 Å². The van der Waals surface area contributed by atoms with E-state index in [2.05, 4.69) is 10.3 Å². The maximum atomic E-state index is 13.0. The zero-order valence-corrected chi connectivity index (χ0v) is 12.0. The minimum absolute atomic E-state index is 0.0635. The highest BCUT2D eigenvalue weighted by Gasteiger charge is 2.11. The van der Waals surface area contributed by atoms with Crippen LogP contribution in [0.5, 0.6) is 5.75 Å². The second kappa shape index (κ2) is 7.50. The summed E-state index contributed by atoms with van der Waals surface area (Å²) in [4.78, 5) is 15.0. The number of hydrogen-bond donors (Lipinski definition) is 3. The summed E-state index contributed by atoms with van der Waals surface area (Å²) in [7, 11) is 0. The number of nitrogens with one attached hydrogen (secondary N) is 1. The maximum absolute atomic E-state index is 13.0. The molecule has 0 saturated carbocycles. The Labute approximate surface area is 130 Å². The van der Waals surface area contributed by atoms with Gasteiger partial charge in [-0.3, -0.25) is 9.78 Å². The van der Waals surface area contributed by atoms with Crippen LogP contribution in [0.3, 0.4) is 0 Å². The third-order valence-electron chi connectivity index (χ3n) is 2.95. The first kappa shape index (κ1) is 16.6. The van der Waals surface area contributed by atoms with E-state index in [0.717, 1.165) is 12.1 Å². The van der Waals surface area contributed by atoms with Crippen molar-refractivity contribution in [1.29, 1.82) is 0 Å². The van der Waals surface area contributed by atoms with Crippen LogP contribution in [0.4, 0.5) is 14.5 Å². The molecular formula is C15H15F2N3O3. The molecule has 0 fully saturated rings. The third-order valence-corrected chi connectivity index (χ3v) is 2.95. The lowest BCUT2D eigenvalue weighted by molar-refractivity contribution is 0.1000. The number of hydrogen-bond acceptors (Lipinski definition) is 5. The first-order chi connectivity index (χ1) is 11.0. The number of pyridine rings is 1. The van der Waals surface area contributed by atoms with Gasteiger partial charge in [0.1, 0.15) is 18.5 Å². The van der Waals surface area contributed by atoms with Gasteiger partial charge in [-0.15, -0.1) is 0 Å². The summed E-state index contributed by atoms with van der Waals surface area (Å²) >= 11 is 0. The summed E-state index contributed by atoms with van der Waals surface area (Å²) in [5.74, 6) is -2.55. The van der Waals surface area contributed by atoms with E-state index in [1.807, 2.05) is 0 Å². The number of carbonyl (C=O) groups excluding carboxylic acids is 1. The van der Waals surface area contributed by atoms with E-state index >= 15 is 0 Å². The molecule has 1 aromatic carbocycles. The fourth-order valence-corrected chi connectivity index (χ4v) is 1.79. The minimum atomic E-state index is -1.03. The Balaban J connectivity index is 1.87. The summed E-state index contributed by atoms with van der Waals surface area (Å²) in [6.07, 6.45) is 1.84. The molecule has 1 atom stereocenters. The molecule has 8 heteroatoms. The maximum Gasteiger partial charge on any atom is 0.252 e. The molecule has 23 heavy (non-hydrogen) atoms. The summed E-state index contributed by atoms with van der Waals surface area (Å²) in [5, 5.41) is 12.7. The van der Waals surface area contributed by atoms with E-state index in [0.29, 0.717) is 5.69 Å². The molecule has 0 aliphatic heterocycles. The number of halogens is 2. The number of ether oxygens (including phenoxy) is 1. The van der Waals surface area contributed by atoms with Crippen molar-refractivity contribution in [3.63, 3.8) is 0 Å². The average molecular weight is 323 g/mol. The summed E-state index contributed by atoms with van der Waals surface area (Å²) in [6.45, 7) is -0.0803. The third kappa shape index (κ3) is 4.62. The van der Waals surface area contributed by atoms with Crippen LogP contribution in [0, 0.1) is 11.6 Å². The molecule has 4 N–H and O–H groups in total. The van der Waals surface area contributed by atoms with Crippen molar-refractivity contribution in [1.82, 2.24) is 4.98 Å². The van der Waals surface area contributed by atoms with Gasteiger partial charge in [-0.2, -0.15) is 0 Å². The van der Waals surface area contributed by atoms with E-state index in [9.17, 15) is 18.7 Å². The fraction of sp³-hybridized carbons (Fsp3) is 0.200. The Morgan fingerprint density at radius 1 is 1.35 bits per heavy atom. The van der Waals surface area contributed by atoms with Gasteiger partial charge in [0.25, 0.3) is 5.91 Å². The number of nitrogens with two attached hydrogens (primary N) is 1. The van der Waals surface area contributed by atoms with Crippen molar-refractivity contribution in [3.8, 4) is 5.75 Å². The fourth-order valence-electron chi connectivity index (χ4n) is 1.79. The number of aromatic nitrogens is 1. The molecule has 1 aromatic heterocycles. The molecular weight excluding hydrogens is 308 g/mol. The number of anilines is 1. The second-order valence-corrected chi connectivity index (χ2v) is 4.71. The van der Waals surface area contributed by atoms with E-state index in [4.69, 9.17) is 10.5 Å². The second-order valence-electron chi connectivity index (χ2n) is 4.71. The van der Waals surface area contributed by atoms with Gasteiger partial charge in [-0.05, 0) is 18.2 Å². The quantitative estimate of drug-likeness (QED) is 0.714. The molecule has 1 heterocycles. The van der Waals surface area contributed by atoms with Crippen LogP contribution in [0.1, 0.15) is 10.4 Å². The summed E-state index contributed by atoms with van der Waals surface area (Å²) in [6, 6.07) is 4.63. The van der Waals surface area contributed by atoms with Gasteiger partial charge >= 0.3 is 0 Å². The highest BCUT2D eigenvalue weighted by atomic mass is 19.2. The number of rotatable bonds is 7. The molecule has 2 aromatic rings. The number of carbonyl (C=O) groups is 1. The van der Waals surface area contributed by atoms with Crippen LogP contribution >= 0.6 is 0 Å². The van der Waals surface area contributed by atoms with Crippen LogP contribution in [0.15, 0.2) is 36.7 Å². The van der Waals surface area contributed by atoms with Crippen molar-refractivity contribution in [2.24, 2.45) is 5.73 Å². The van der Waals surface area contributed by atoms with Crippen LogP contribution < -0.4 is 15.8 Å². The topological polar surface area (TPSA) is 97.5 Å². The zero-order chi connectivity index (χ0) is 16.8. The van der Waals surface area contributed by atoms with E-state index in [-0.39, 0.29) is 24.5 Å². The van der Waals surface area contributed by atoms with Gasteiger partial charge in [0.15, 0.2) is 11.6 Å². The van der Waals surface area contributed by atoms with Gasteiger partial charge in [0, 0.05) is 25.0 Å². The van der Waals surface area contributed by atoms with E-state index in [1.165, 1.54) is 18.5 Å². The number of nitrogens with zero attached hydrogens (tertiary/aromatic N) is 1. The monoisotopic (exact) mass is 323 g/mol. The average Bonchev–Trinajstić information content (AvgIpc) is 2.54. The molecule has 0 bridgehead atoms. The molecule has 6 nitrogen and oxygen atoms in total. The predicted octanol–water partition coefficient (Wildman–Crippen LogP) is 1.31. The highest BCUT2D eigenvalue weighted by Crippen LogP contribution is 2.16. The number of aliphatic hydroxyl groups is 1. The predicted molar refractivity (Wildman–Crippen MR) is 79.1 cm³/mol. The van der Waals surface area contributed by atoms with Crippen LogP contribution in [0.2, 0.25) is 0 Å². The highest BCUT2D eigenvalue weighted by molar-refractivity contribution is 5.98. The molecule has 0 spiro atoms.